The standard InChI is InChI=1S/C21H21BrN6O2/c1-21(2,3)30-20(29)28(4)11-16-14(9-24)17(15-10-25-27-19(15)26-16)13-7-5-6-12(8-23)18(13)22/h5-7,10,14,17H,11H2,1-4H3,(H,25,27). The molecule has 0 fully saturated rings. The van der Waals surface area contributed by atoms with Crippen LogP contribution in [-0.2, 0) is 4.74 Å². The van der Waals surface area contributed by atoms with Crippen LogP contribution < -0.4 is 0 Å². The molecule has 0 saturated heterocycles. The molecule has 1 aromatic heterocycles. The Labute approximate surface area is 183 Å². The Morgan fingerprint density at radius 2 is 2.07 bits per heavy atom. The van der Waals surface area contributed by atoms with Crippen molar-refractivity contribution in [3.05, 3.63) is 45.6 Å². The van der Waals surface area contributed by atoms with Gasteiger partial charge in [-0.2, -0.15) is 15.6 Å². The van der Waals surface area contributed by atoms with Gasteiger partial charge in [0, 0.05) is 23.0 Å². The first kappa shape index (κ1) is 21.5. The van der Waals surface area contributed by atoms with Gasteiger partial charge in [0.15, 0.2) is 5.82 Å². The molecule has 1 aliphatic rings. The summed E-state index contributed by atoms with van der Waals surface area (Å²) < 4.78 is 6.04. The van der Waals surface area contributed by atoms with E-state index in [2.05, 4.69) is 43.3 Å². The minimum atomic E-state index is -0.648. The second kappa shape index (κ2) is 8.29. The van der Waals surface area contributed by atoms with Gasteiger partial charge in [-0.3, -0.25) is 5.10 Å². The Morgan fingerprint density at radius 3 is 2.70 bits per heavy atom. The van der Waals surface area contributed by atoms with E-state index in [1.54, 1.807) is 46.1 Å². The summed E-state index contributed by atoms with van der Waals surface area (Å²) in [4.78, 5) is 18.4. The molecule has 9 heteroatoms. The number of aromatic nitrogens is 2. The zero-order valence-corrected chi connectivity index (χ0v) is 18.7. The number of aromatic amines is 1. The molecule has 0 aliphatic carbocycles. The molecule has 1 amide bonds. The summed E-state index contributed by atoms with van der Waals surface area (Å²) >= 11 is 3.51. The molecule has 2 atom stereocenters. The van der Waals surface area contributed by atoms with E-state index in [0.717, 1.165) is 11.1 Å². The lowest BCUT2D eigenvalue weighted by molar-refractivity contribution is 0.0322. The van der Waals surface area contributed by atoms with Gasteiger partial charge in [0.1, 0.15) is 11.7 Å². The normalized spacial score (nSPS) is 17.9. The van der Waals surface area contributed by atoms with E-state index >= 15 is 0 Å². The van der Waals surface area contributed by atoms with Crippen molar-refractivity contribution in [2.45, 2.75) is 32.3 Å². The van der Waals surface area contributed by atoms with E-state index in [9.17, 15) is 15.3 Å². The molecule has 0 radical (unpaired) electrons. The Morgan fingerprint density at radius 1 is 1.33 bits per heavy atom. The number of H-pyrrole nitrogens is 1. The van der Waals surface area contributed by atoms with Crippen LogP contribution in [0, 0.1) is 28.6 Å². The largest absolute Gasteiger partial charge is 0.444 e. The number of benzene rings is 1. The van der Waals surface area contributed by atoms with Crippen LogP contribution in [0.2, 0.25) is 0 Å². The second-order valence-corrected chi connectivity index (χ2v) is 8.81. The molecule has 0 spiro atoms. The van der Waals surface area contributed by atoms with Crippen LogP contribution in [0.3, 0.4) is 0 Å². The first-order valence-corrected chi connectivity index (χ1v) is 10.1. The molecule has 8 nitrogen and oxygen atoms in total. The quantitative estimate of drug-likeness (QED) is 0.720. The highest BCUT2D eigenvalue weighted by atomic mass is 79.9. The van der Waals surface area contributed by atoms with E-state index in [0.29, 0.717) is 21.6 Å². The van der Waals surface area contributed by atoms with Gasteiger partial charge in [-0.1, -0.05) is 12.1 Å². The lowest BCUT2D eigenvalue weighted by Crippen LogP contribution is -2.40. The highest BCUT2D eigenvalue weighted by Crippen LogP contribution is 2.44. The Kier molecular flexibility index (Phi) is 5.95. The van der Waals surface area contributed by atoms with Crippen LogP contribution in [0.25, 0.3) is 0 Å². The smallest absolute Gasteiger partial charge is 0.410 e. The van der Waals surface area contributed by atoms with Gasteiger partial charge < -0.3 is 9.64 Å². The summed E-state index contributed by atoms with van der Waals surface area (Å²) in [5.41, 5.74) is 1.92. The van der Waals surface area contributed by atoms with Crippen LogP contribution in [0.1, 0.15) is 43.4 Å². The van der Waals surface area contributed by atoms with E-state index in [-0.39, 0.29) is 6.54 Å². The van der Waals surface area contributed by atoms with Crippen molar-refractivity contribution in [3.8, 4) is 12.1 Å². The van der Waals surface area contributed by atoms with Crippen molar-refractivity contribution in [1.29, 1.82) is 10.5 Å². The average Bonchev–Trinajstić information content (AvgIpc) is 3.14. The van der Waals surface area contributed by atoms with Gasteiger partial charge in [-0.05, 0) is 48.3 Å². The number of aliphatic imine (C=N–C) groups is 1. The van der Waals surface area contributed by atoms with Crippen molar-refractivity contribution in [2.24, 2.45) is 10.9 Å². The number of rotatable bonds is 3. The summed E-state index contributed by atoms with van der Waals surface area (Å²) in [6, 6.07) is 9.85. The number of nitrogens with zero attached hydrogens (tertiary/aromatic N) is 5. The summed E-state index contributed by atoms with van der Waals surface area (Å²) in [6.45, 7) is 5.50. The van der Waals surface area contributed by atoms with Crippen molar-refractivity contribution in [2.75, 3.05) is 13.6 Å². The number of nitriles is 2. The van der Waals surface area contributed by atoms with Gasteiger partial charge in [0.05, 0.1) is 36.0 Å². The molecular formula is C21H21BrN6O2. The number of hydrogen-bond acceptors (Lipinski definition) is 6. The maximum absolute atomic E-state index is 12.4. The monoisotopic (exact) mass is 468 g/mol. The predicted octanol–water partition coefficient (Wildman–Crippen LogP) is 4.27. The lowest BCUT2D eigenvalue weighted by Gasteiger charge is -2.31. The molecule has 3 rings (SSSR count). The van der Waals surface area contributed by atoms with Gasteiger partial charge in [-0.15, -0.1) is 0 Å². The minimum absolute atomic E-state index is 0.123. The fourth-order valence-electron chi connectivity index (χ4n) is 3.34. The molecule has 30 heavy (non-hydrogen) atoms. The number of fused-ring (bicyclic) bond motifs is 1. The average molecular weight is 469 g/mol. The molecule has 154 valence electrons. The van der Waals surface area contributed by atoms with E-state index in [1.165, 1.54) is 4.90 Å². The minimum Gasteiger partial charge on any atom is -0.444 e. The third kappa shape index (κ3) is 4.22. The first-order chi connectivity index (χ1) is 14.2. The Balaban J connectivity index is 2.01. The van der Waals surface area contributed by atoms with Crippen LogP contribution in [0.4, 0.5) is 10.6 Å². The maximum atomic E-state index is 12.4. The molecular weight excluding hydrogens is 448 g/mol. The van der Waals surface area contributed by atoms with Crippen LogP contribution in [0.15, 0.2) is 33.9 Å². The summed E-state index contributed by atoms with van der Waals surface area (Å²) in [6.07, 6.45) is 1.15. The fraction of sp³-hybridized carbons (Fsp3) is 0.381. The highest BCUT2D eigenvalue weighted by molar-refractivity contribution is 9.10. The predicted molar refractivity (Wildman–Crippen MR) is 114 cm³/mol. The number of hydrogen-bond donors (Lipinski definition) is 1. The van der Waals surface area contributed by atoms with Gasteiger partial charge in [0.25, 0.3) is 0 Å². The Bertz CT molecular complexity index is 1090. The number of halogens is 1. The third-order valence-corrected chi connectivity index (χ3v) is 5.54. The van der Waals surface area contributed by atoms with Crippen molar-refractivity contribution >= 4 is 33.6 Å². The first-order valence-electron chi connectivity index (χ1n) is 9.29. The highest BCUT2D eigenvalue weighted by Gasteiger charge is 2.38. The number of carbonyl (C=O) groups excluding carboxylic acids is 1. The molecule has 2 aromatic rings. The molecule has 0 bridgehead atoms. The second-order valence-electron chi connectivity index (χ2n) is 8.02. The van der Waals surface area contributed by atoms with E-state index < -0.39 is 23.5 Å². The molecule has 1 aromatic carbocycles. The maximum Gasteiger partial charge on any atom is 0.410 e. The summed E-state index contributed by atoms with van der Waals surface area (Å²) in [7, 11) is 1.61. The van der Waals surface area contributed by atoms with E-state index in [4.69, 9.17) is 4.74 Å². The molecule has 0 saturated carbocycles. The number of amides is 1. The number of carbonyl (C=O) groups is 1. The van der Waals surface area contributed by atoms with Crippen molar-refractivity contribution in [3.63, 3.8) is 0 Å². The number of nitrogens with one attached hydrogen (secondary N) is 1. The van der Waals surface area contributed by atoms with Crippen molar-refractivity contribution < 1.29 is 9.53 Å². The molecule has 1 aliphatic heterocycles. The topological polar surface area (TPSA) is 118 Å². The van der Waals surface area contributed by atoms with Crippen molar-refractivity contribution in [1.82, 2.24) is 15.1 Å². The zero-order chi connectivity index (χ0) is 22.1. The van der Waals surface area contributed by atoms with Gasteiger partial charge in [0.2, 0.25) is 0 Å². The summed E-state index contributed by atoms with van der Waals surface area (Å²) in [5, 5.41) is 26.4. The fourth-order valence-corrected chi connectivity index (χ4v) is 3.94. The van der Waals surface area contributed by atoms with Crippen LogP contribution in [0.5, 0.6) is 0 Å². The summed E-state index contributed by atoms with van der Waals surface area (Å²) in [5.74, 6) is -0.510. The van der Waals surface area contributed by atoms with Gasteiger partial charge in [-0.25, -0.2) is 9.79 Å². The lowest BCUT2D eigenvalue weighted by atomic mass is 9.77. The molecule has 1 N–H and O–H groups in total. The third-order valence-electron chi connectivity index (χ3n) is 4.66. The molecule has 2 heterocycles. The molecule has 2 unspecified atom stereocenters. The van der Waals surface area contributed by atoms with Crippen LogP contribution in [-0.4, -0.2) is 46.1 Å². The SMILES string of the molecule is CN(CC1=Nc2[nH]ncc2C(c2cccc(C#N)c2Br)C1C#N)C(=O)OC(C)(C)C. The van der Waals surface area contributed by atoms with E-state index in [1.807, 2.05) is 6.07 Å². The van der Waals surface area contributed by atoms with Crippen LogP contribution >= 0.6 is 15.9 Å². The number of ether oxygens (including phenoxy) is 1. The Hall–Kier alpha value is -3.17. The van der Waals surface area contributed by atoms with Gasteiger partial charge >= 0.3 is 6.09 Å². The zero-order valence-electron chi connectivity index (χ0n) is 17.1.